The Kier molecular flexibility index (Phi) is 5.14. The Morgan fingerprint density at radius 3 is 2.62 bits per heavy atom. The molecule has 0 aliphatic carbocycles. The van der Waals surface area contributed by atoms with E-state index in [0.29, 0.717) is 21.7 Å². The van der Waals surface area contributed by atoms with Crippen molar-refractivity contribution in [3.05, 3.63) is 76.8 Å². The highest BCUT2D eigenvalue weighted by atomic mass is 32.1. The van der Waals surface area contributed by atoms with Crippen molar-refractivity contribution in [1.29, 1.82) is 0 Å². The molecule has 2 aromatic heterocycles. The highest BCUT2D eigenvalue weighted by Crippen LogP contribution is 2.35. The fourth-order valence-corrected chi connectivity index (χ4v) is 4.37. The Balaban J connectivity index is 1.65. The number of nitrogens with zero attached hydrogens (tertiary/aromatic N) is 2. The number of thiophene rings is 1. The van der Waals surface area contributed by atoms with Crippen LogP contribution in [0.4, 0.5) is 5.69 Å². The summed E-state index contributed by atoms with van der Waals surface area (Å²) in [5.74, 6) is 0.233. The normalized spacial score (nSPS) is 10.8. The van der Waals surface area contributed by atoms with E-state index in [-0.39, 0.29) is 18.0 Å². The number of fused-ring (bicyclic) bond motifs is 1. The van der Waals surface area contributed by atoms with Crippen LogP contribution in [0.15, 0.2) is 65.7 Å². The Bertz CT molecular complexity index is 1250. The van der Waals surface area contributed by atoms with Crippen molar-refractivity contribution in [2.45, 2.75) is 13.5 Å². The summed E-state index contributed by atoms with van der Waals surface area (Å²) in [4.78, 5) is 31.6. The molecule has 4 aromatic rings. The van der Waals surface area contributed by atoms with E-state index in [1.54, 1.807) is 18.2 Å². The molecule has 0 aliphatic rings. The van der Waals surface area contributed by atoms with Crippen LogP contribution in [0.5, 0.6) is 5.75 Å². The van der Waals surface area contributed by atoms with Crippen molar-refractivity contribution in [1.82, 2.24) is 9.55 Å². The molecular formula is C22H19N3O3S. The zero-order valence-corrected chi connectivity index (χ0v) is 16.8. The maximum absolute atomic E-state index is 13.0. The fraction of sp³-hybridized carbons (Fsp3) is 0.136. The lowest BCUT2D eigenvalue weighted by Gasteiger charge is -2.10. The number of benzene rings is 2. The van der Waals surface area contributed by atoms with Crippen molar-refractivity contribution in [3.8, 4) is 16.2 Å². The lowest BCUT2D eigenvalue weighted by atomic mass is 10.1. The molecule has 7 heteroatoms. The van der Waals surface area contributed by atoms with Crippen LogP contribution < -0.4 is 15.6 Å². The Morgan fingerprint density at radius 1 is 1.14 bits per heavy atom. The first-order valence-electron chi connectivity index (χ1n) is 9.05. The molecular weight excluding hydrogens is 386 g/mol. The first-order chi connectivity index (χ1) is 14.1. The Labute approximate surface area is 171 Å². The minimum atomic E-state index is -0.325. The number of carbonyl (C=O) groups is 1. The summed E-state index contributed by atoms with van der Waals surface area (Å²) in [6.07, 6.45) is 1.43. The van der Waals surface area contributed by atoms with Crippen LogP contribution >= 0.6 is 11.3 Å². The number of anilines is 1. The van der Waals surface area contributed by atoms with E-state index in [0.717, 1.165) is 16.0 Å². The predicted octanol–water partition coefficient (Wildman–Crippen LogP) is 4.08. The molecule has 0 saturated carbocycles. The number of hydrogen-bond acceptors (Lipinski definition) is 5. The Morgan fingerprint density at radius 2 is 1.86 bits per heavy atom. The molecule has 0 radical (unpaired) electrons. The molecule has 0 fully saturated rings. The summed E-state index contributed by atoms with van der Waals surface area (Å²) in [6, 6.07) is 17.0. The van der Waals surface area contributed by atoms with Gasteiger partial charge in [0.2, 0.25) is 5.91 Å². The highest BCUT2D eigenvalue weighted by molar-refractivity contribution is 7.22. The summed E-state index contributed by atoms with van der Waals surface area (Å²) in [5, 5.41) is 3.34. The molecule has 0 aliphatic heterocycles. The van der Waals surface area contributed by atoms with Crippen molar-refractivity contribution in [3.63, 3.8) is 0 Å². The maximum atomic E-state index is 13.0. The average Bonchev–Trinajstić information content (AvgIpc) is 3.08. The second-order valence-corrected chi connectivity index (χ2v) is 7.53. The molecule has 6 nitrogen and oxygen atoms in total. The monoisotopic (exact) mass is 405 g/mol. The van der Waals surface area contributed by atoms with E-state index in [1.807, 2.05) is 43.3 Å². The SMILES string of the molecule is COc1ccccc1NC(=O)Cn1cnc2sc(-c3ccccc3)c(C)c2c1=O. The van der Waals surface area contributed by atoms with Crippen molar-refractivity contribution >= 4 is 33.1 Å². The maximum Gasteiger partial charge on any atom is 0.262 e. The van der Waals surface area contributed by atoms with Gasteiger partial charge in [-0.05, 0) is 30.2 Å². The first-order valence-corrected chi connectivity index (χ1v) is 9.87. The molecule has 0 atom stereocenters. The minimum absolute atomic E-state index is 0.129. The lowest BCUT2D eigenvalue weighted by molar-refractivity contribution is -0.116. The molecule has 29 heavy (non-hydrogen) atoms. The summed E-state index contributed by atoms with van der Waals surface area (Å²) >= 11 is 1.48. The van der Waals surface area contributed by atoms with Crippen LogP contribution in [0.1, 0.15) is 5.56 Å². The molecule has 1 amide bonds. The average molecular weight is 405 g/mol. The third-order valence-electron chi connectivity index (χ3n) is 4.65. The van der Waals surface area contributed by atoms with Crippen molar-refractivity contribution in [2.24, 2.45) is 0 Å². The van der Waals surface area contributed by atoms with Gasteiger partial charge in [-0.25, -0.2) is 4.98 Å². The van der Waals surface area contributed by atoms with E-state index in [1.165, 1.54) is 29.3 Å². The molecule has 2 aromatic carbocycles. The second kappa shape index (κ2) is 7.89. The van der Waals surface area contributed by atoms with E-state index in [2.05, 4.69) is 10.3 Å². The van der Waals surface area contributed by atoms with E-state index >= 15 is 0 Å². The van der Waals surface area contributed by atoms with Crippen LogP contribution in [0.3, 0.4) is 0 Å². The zero-order chi connectivity index (χ0) is 20.4. The van der Waals surface area contributed by atoms with Crippen LogP contribution in [0.2, 0.25) is 0 Å². The number of rotatable bonds is 5. The third-order valence-corrected chi connectivity index (χ3v) is 5.90. The van der Waals surface area contributed by atoms with Crippen LogP contribution in [0, 0.1) is 6.92 Å². The predicted molar refractivity (Wildman–Crippen MR) is 116 cm³/mol. The number of nitrogens with one attached hydrogen (secondary N) is 1. The van der Waals surface area contributed by atoms with Crippen molar-refractivity contribution in [2.75, 3.05) is 12.4 Å². The highest BCUT2D eigenvalue weighted by Gasteiger charge is 2.17. The molecule has 2 heterocycles. The van der Waals surface area contributed by atoms with Gasteiger partial charge in [0.15, 0.2) is 0 Å². The van der Waals surface area contributed by atoms with Gasteiger partial charge < -0.3 is 10.1 Å². The summed E-state index contributed by atoms with van der Waals surface area (Å²) in [7, 11) is 1.54. The first kappa shape index (κ1) is 18.9. The summed E-state index contributed by atoms with van der Waals surface area (Å²) in [5.41, 5.74) is 2.27. The van der Waals surface area contributed by atoms with Gasteiger partial charge in [0.05, 0.1) is 24.5 Å². The molecule has 1 N–H and O–H groups in total. The topological polar surface area (TPSA) is 73.2 Å². The van der Waals surface area contributed by atoms with E-state index in [9.17, 15) is 9.59 Å². The van der Waals surface area contributed by atoms with E-state index in [4.69, 9.17) is 4.74 Å². The number of para-hydroxylation sites is 2. The van der Waals surface area contributed by atoms with Gasteiger partial charge in [-0.3, -0.25) is 14.2 Å². The number of methoxy groups -OCH3 is 1. The van der Waals surface area contributed by atoms with Gasteiger partial charge in [-0.2, -0.15) is 0 Å². The number of amides is 1. The largest absolute Gasteiger partial charge is 0.495 e. The summed E-state index contributed by atoms with van der Waals surface area (Å²) < 4.78 is 6.58. The van der Waals surface area contributed by atoms with Gasteiger partial charge in [0, 0.05) is 4.88 Å². The number of carbonyl (C=O) groups excluding carboxylic acids is 1. The standard InChI is InChI=1S/C22H19N3O3S/c1-14-19-21(29-20(14)15-8-4-3-5-9-15)23-13-25(22(19)27)12-18(26)24-16-10-6-7-11-17(16)28-2/h3-11,13H,12H2,1-2H3,(H,24,26). The minimum Gasteiger partial charge on any atom is -0.495 e. The second-order valence-electron chi connectivity index (χ2n) is 6.53. The molecule has 0 unspecified atom stereocenters. The smallest absolute Gasteiger partial charge is 0.262 e. The number of aryl methyl sites for hydroxylation is 1. The summed E-state index contributed by atoms with van der Waals surface area (Å²) in [6.45, 7) is 1.79. The van der Waals surface area contributed by atoms with Gasteiger partial charge in [-0.15, -0.1) is 11.3 Å². The van der Waals surface area contributed by atoms with Crippen molar-refractivity contribution < 1.29 is 9.53 Å². The van der Waals surface area contributed by atoms with Gasteiger partial charge in [0.1, 0.15) is 17.1 Å². The van der Waals surface area contributed by atoms with Gasteiger partial charge in [0.25, 0.3) is 5.56 Å². The van der Waals surface area contributed by atoms with Crippen LogP contribution in [-0.2, 0) is 11.3 Å². The zero-order valence-electron chi connectivity index (χ0n) is 16.0. The molecule has 0 bridgehead atoms. The number of ether oxygens (including phenoxy) is 1. The fourth-order valence-electron chi connectivity index (χ4n) is 3.23. The molecule has 4 rings (SSSR count). The Hall–Kier alpha value is -3.45. The molecule has 146 valence electrons. The van der Waals surface area contributed by atoms with E-state index < -0.39 is 0 Å². The quantitative estimate of drug-likeness (QED) is 0.543. The third kappa shape index (κ3) is 3.64. The lowest BCUT2D eigenvalue weighted by Crippen LogP contribution is -2.28. The van der Waals surface area contributed by atoms with Gasteiger partial charge in [-0.1, -0.05) is 42.5 Å². The molecule has 0 spiro atoms. The van der Waals surface area contributed by atoms with Gasteiger partial charge >= 0.3 is 0 Å². The number of aromatic nitrogens is 2. The number of hydrogen-bond donors (Lipinski definition) is 1. The van der Waals surface area contributed by atoms with Crippen LogP contribution in [0.25, 0.3) is 20.7 Å². The molecule has 0 saturated heterocycles. The van der Waals surface area contributed by atoms with Crippen LogP contribution in [-0.4, -0.2) is 22.6 Å².